The van der Waals surface area contributed by atoms with Gasteiger partial charge in [-0.1, -0.05) is 45.7 Å². The normalized spacial score (nSPS) is 17.4. The lowest BCUT2D eigenvalue weighted by atomic mass is 9.97. The van der Waals surface area contributed by atoms with Crippen molar-refractivity contribution in [3.05, 3.63) is 29.8 Å². The fraction of sp³-hybridized carbons (Fsp3) is 0.625. The molecule has 0 atom stereocenters. The highest BCUT2D eigenvalue weighted by molar-refractivity contribution is 5.29. The van der Waals surface area contributed by atoms with Crippen LogP contribution >= 0.6 is 0 Å². The maximum atomic E-state index is 5.79. The molecule has 1 fully saturated rings. The van der Waals surface area contributed by atoms with Gasteiger partial charge in [-0.15, -0.1) is 0 Å². The molecule has 1 saturated carbocycles. The molecule has 2 rings (SSSR count). The quantitative estimate of drug-likeness (QED) is 0.729. The number of benzene rings is 1. The predicted molar refractivity (Wildman–Crippen MR) is 72.6 cm³/mol. The maximum absolute atomic E-state index is 5.79. The van der Waals surface area contributed by atoms with Crippen LogP contribution in [0.5, 0.6) is 5.75 Å². The fourth-order valence-corrected chi connectivity index (χ4v) is 2.40. The summed E-state index contributed by atoms with van der Waals surface area (Å²) < 4.78 is 5.79. The summed E-state index contributed by atoms with van der Waals surface area (Å²) in [6.45, 7) is 7.36. The third kappa shape index (κ3) is 3.76. The Morgan fingerprint density at radius 1 is 1.06 bits per heavy atom. The van der Waals surface area contributed by atoms with Crippen LogP contribution in [-0.4, -0.2) is 6.61 Å². The number of ether oxygens (including phenoxy) is 1. The summed E-state index contributed by atoms with van der Waals surface area (Å²) in [6.07, 6.45) is 5.52. The van der Waals surface area contributed by atoms with Crippen LogP contribution in [0.3, 0.4) is 0 Å². The van der Waals surface area contributed by atoms with Crippen LogP contribution in [0.25, 0.3) is 0 Å². The van der Waals surface area contributed by atoms with Gasteiger partial charge in [-0.3, -0.25) is 0 Å². The first kappa shape index (κ1) is 12.5. The third-order valence-electron chi connectivity index (χ3n) is 3.38. The largest absolute Gasteiger partial charge is 0.493 e. The Kier molecular flexibility index (Phi) is 3.76. The number of hydrogen-bond acceptors (Lipinski definition) is 1. The van der Waals surface area contributed by atoms with Crippen molar-refractivity contribution in [3.8, 4) is 5.75 Å². The minimum Gasteiger partial charge on any atom is -0.493 e. The van der Waals surface area contributed by atoms with Gasteiger partial charge in [0.15, 0.2) is 0 Å². The molecule has 0 saturated heterocycles. The van der Waals surface area contributed by atoms with Gasteiger partial charge in [-0.25, -0.2) is 0 Å². The van der Waals surface area contributed by atoms with Crippen LogP contribution in [0.1, 0.15) is 57.9 Å². The van der Waals surface area contributed by atoms with Crippen molar-refractivity contribution in [2.75, 3.05) is 6.61 Å². The van der Waals surface area contributed by atoms with E-state index in [1.165, 1.54) is 31.2 Å². The van der Waals surface area contributed by atoms with Gasteiger partial charge in [0.2, 0.25) is 0 Å². The van der Waals surface area contributed by atoms with Gasteiger partial charge in [-0.2, -0.15) is 0 Å². The molecule has 0 heterocycles. The zero-order valence-electron chi connectivity index (χ0n) is 11.3. The predicted octanol–water partition coefficient (Wildman–Crippen LogP) is 4.77. The Morgan fingerprint density at radius 3 is 2.18 bits per heavy atom. The molecule has 1 aliphatic carbocycles. The number of rotatable bonds is 3. The molecule has 1 aromatic rings. The van der Waals surface area contributed by atoms with Gasteiger partial charge < -0.3 is 4.74 Å². The topological polar surface area (TPSA) is 9.23 Å². The monoisotopic (exact) mass is 232 g/mol. The van der Waals surface area contributed by atoms with E-state index in [1.807, 2.05) is 0 Å². The molecule has 0 N–H and O–H groups in total. The second-order valence-corrected chi connectivity index (χ2v) is 6.40. The summed E-state index contributed by atoms with van der Waals surface area (Å²) >= 11 is 0. The van der Waals surface area contributed by atoms with Gasteiger partial charge in [-0.05, 0) is 41.9 Å². The lowest BCUT2D eigenvalue weighted by Gasteiger charge is -2.19. The summed E-state index contributed by atoms with van der Waals surface area (Å²) in [5.74, 6) is 1.80. The molecular formula is C16H24O. The first-order valence-electron chi connectivity index (χ1n) is 6.77. The van der Waals surface area contributed by atoms with E-state index in [9.17, 15) is 0 Å². The van der Waals surface area contributed by atoms with Gasteiger partial charge in [0, 0.05) is 0 Å². The zero-order chi connectivity index (χ0) is 12.3. The summed E-state index contributed by atoms with van der Waals surface area (Å²) in [4.78, 5) is 0. The van der Waals surface area contributed by atoms with Crippen molar-refractivity contribution in [2.24, 2.45) is 5.41 Å². The van der Waals surface area contributed by atoms with E-state index in [0.717, 1.165) is 18.3 Å². The van der Waals surface area contributed by atoms with Crippen molar-refractivity contribution in [2.45, 2.75) is 52.4 Å². The SMILES string of the molecule is CC(C)(C)COc1ccc(C2CCCC2)cc1. The van der Waals surface area contributed by atoms with E-state index < -0.39 is 0 Å². The Bertz CT molecular complexity index is 339. The lowest BCUT2D eigenvalue weighted by Crippen LogP contribution is -2.16. The lowest BCUT2D eigenvalue weighted by molar-refractivity contribution is 0.198. The molecule has 94 valence electrons. The molecule has 0 radical (unpaired) electrons. The Hall–Kier alpha value is -0.980. The molecule has 0 amide bonds. The summed E-state index contributed by atoms with van der Waals surface area (Å²) in [6, 6.07) is 8.74. The highest BCUT2D eigenvalue weighted by Crippen LogP contribution is 2.34. The first-order valence-corrected chi connectivity index (χ1v) is 6.77. The summed E-state index contributed by atoms with van der Waals surface area (Å²) in [5.41, 5.74) is 1.72. The molecule has 1 heteroatoms. The van der Waals surface area contributed by atoms with Crippen LogP contribution in [0.4, 0.5) is 0 Å². The second-order valence-electron chi connectivity index (χ2n) is 6.40. The van der Waals surface area contributed by atoms with Crippen molar-refractivity contribution >= 4 is 0 Å². The molecule has 0 aliphatic heterocycles. The fourth-order valence-electron chi connectivity index (χ4n) is 2.40. The average Bonchev–Trinajstić information content (AvgIpc) is 2.79. The molecule has 1 aliphatic rings. The highest BCUT2D eigenvalue weighted by atomic mass is 16.5. The molecule has 1 nitrogen and oxygen atoms in total. The third-order valence-corrected chi connectivity index (χ3v) is 3.38. The standard InChI is InChI=1S/C16H24O/c1-16(2,3)12-17-15-10-8-14(9-11-15)13-6-4-5-7-13/h8-11,13H,4-7,12H2,1-3H3. The van der Waals surface area contributed by atoms with Crippen LogP contribution in [0.2, 0.25) is 0 Å². The zero-order valence-corrected chi connectivity index (χ0v) is 11.3. The van der Waals surface area contributed by atoms with Gasteiger partial charge in [0.05, 0.1) is 6.61 Å². The molecular weight excluding hydrogens is 208 g/mol. The Balaban J connectivity index is 1.93. The Morgan fingerprint density at radius 2 is 1.65 bits per heavy atom. The van der Waals surface area contributed by atoms with Crippen LogP contribution in [0.15, 0.2) is 24.3 Å². The van der Waals surface area contributed by atoms with Crippen molar-refractivity contribution in [3.63, 3.8) is 0 Å². The van der Waals surface area contributed by atoms with Gasteiger partial charge >= 0.3 is 0 Å². The molecule has 0 aromatic heterocycles. The van der Waals surface area contributed by atoms with Crippen LogP contribution in [-0.2, 0) is 0 Å². The van der Waals surface area contributed by atoms with E-state index in [0.29, 0.717) is 0 Å². The van der Waals surface area contributed by atoms with Crippen LogP contribution < -0.4 is 4.74 Å². The van der Waals surface area contributed by atoms with Crippen LogP contribution in [0, 0.1) is 5.41 Å². The van der Waals surface area contributed by atoms with Crippen molar-refractivity contribution in [1.29, 1.82) is 0 Å². The first-order chi connectivity index (χ1) is 8.04. The van der Waals surface area contributed by atoms with E-state index in [4.69, 9.17) is 4.74 Å². The molecule has 0 bridgehead atoms. The summed E-state index contributed by atoms with van der Waals surface area (Å²) in [5, 5.41) is 0. The van der Waals surface area contributed by atoms with E-state index in [2.05, 4.69) is 45.0 Å². The molecule has 0 unspecified atom stereocenters. The maximum Gasteiger partial charge on any atom is 0.119 e. The minimum atomic E-state index is 0.226. The van der Waals surface area contributed by atoms with Crippen molar-refractivity contribution in [1.82, 2.24) is 0 Å². The highest BCUT2D eigenvalue weighted by Gasteiger charge is 2.17. The second kappa shape index (κ2) is 5.12. The van der Waals surface area contributed by atoms with Gasteiger partial charge in [0.25, 0.3) is 0 Å². The van der Waals surface area contributed by atoms with E-state index in [-0.39, 0.29) is 5.41 Å². The average molecular weight is 232 g/mol. The molecule has 17 heavy (non-hydrogen) atoms. The van der Waals surface area contributed by atoms with E-state index in [1.54, 1.807) is 0 Å². The van der Waals surface area contributed by atoms with E-state index >= 15 is 0 Å². The van der Waals surface area contributed by atoms with Gasteiger partial charge in [0.1, 0.15) is 5.75 Å². The molecule has 0 spiro atoms. The minimum absolute atomic E-state index is 0.226. The Labute approximate surface area is 105 Å². The smallest absolute Gasteiger partial charge is 0.119 e. The summed E-state index contributed by atoms with van der Waals surface area (Å²) in [7, 11) is 0. The van der Waals surface area contributed by atoms with Crippen molar-refractivity contribution < 1.29 is 4.74 Å². The molecule has 1 aromatic carbocycles. The number of hydrogen-bond donors (Lipinski definition) is 0.